The molecule has 1 saturated heterocycles. The summed E-state index contributed by atoms with van der Waals surface area (Å²) in [6, 6.07) is 4.93. The van der Waals surface area contributed by atoms with Crippen LogP contribution in [0.5, 0.6) is 5.75 Å². The summed E-state index contributed by atoms with van der Waals surface area (Å²) < 4.78 is 6.48. The SMILES string of the molecule is Cc1cc2c(cc1C)C1NC(=S)N(C(C)C)C(C)(O2)C1C. The van der Waals surface area contributed by atoms with E-state index in [-0.39, 0.29) is 6.04 Å². The largest absolute Gasteiger partial charge is 0.467 e. The van der Waals surface area contributed by atoms with Gasteiger partial charge >= 0.3 is 0 Å². The number of fused-ring (bicyclic) bond motifs is 4. The molecule has 0 aliphatic carbocycles. The molecule has 2 aliphatic rings. The number of nitrogens with zero attached hydrogens (tertiary/aromatic N) is 1. The van der Waals surface area contributed by atoms with Gasteiger partial charge in [0.2, 0.25) is 0 Å². The number of rotatable bonds is 1. The highest BCUT2D eigenvalue weighted by Crippen LogP contribution is 2.49. The summed E-state index contributed by atoms with van der Waals surface area (Å²) >= 11 is 5.61. The summed E-state index contributed by atoms with van der Waals surface area (Å²) in [6.07, 6.45) is 0. The molecule has 2 bridgehead atoms. The summed E-state index contributed by atoms with van der Waals surface area (Å²) in [6.45, 7) is 13.0. The second-order valence-electron chi connectivity index (χ2n) is 6.81. The predicted octanol–water partition coefficient (Wildman–Crippen LogP) is 3.69. The quantitative estimate of drug-likeness (QED) is 0.800. The Balaban J connectivity index is 2.17. The summed E-state index contributed by atoms with van der Waals surface area (Å²) in [5.41, 5.74) is 3.40. The first-order valence-electron chi connectivity index (χ1n) is 7.65. The van der Waals surface area contributed by atoms with Gasteiger partial charge in [0, 0.05) is 17.5 Å². The summed E-state index contributed by atoms with van der Waals surface area (Å²) in [5.74, 6) is 1.31. The van der Waals surface area contributed by atoms with Crippen molar-refractivity contribution in [3.63, 3.8) is 0 Å². The third-order valence-corrected chi connectivity index (χ3v) is 5.43. The van der Waals surface area contributed by atoms with Gasteiger partial charge in [-0.15, -0.1) is 0 Å². The topological polar surface area (TPSA) is 24.5 Å². The van der Waals surface area contributed by atoms with Crippen LogP contribution >= 0.6 is 12.2 Å². The van der Waals surface area contributed by atoms with E-state index in [4.69, 9.17) is 17.0 Å². The number of nitrogens with one attached hydrogen (secondary N) is 1. The molecular weight excluding hydrogens is 280 g/mol. The maximum absolute atomic E-state index is 6.48. The van der Waals surface area contributed by atoms with Crippen LogP contribution in [-0.4, -0.2) is 21.8 Å². The van der Waals surface area contributed by atoms with Gasteiger partial charge in [-0.3, -0.25) is 0 Å². The van der Waals surface area contributed by atoms with E-state index in [1.807, 2.05) is 0 Å². The third-order valence-electron chi connectivity index (χ3n) is 5.12. The van der Waals surface area contributed by atoms with Gasteiger partial charge in [0.1, 0.15) is 5.75 Å². The second kappa shape index (κ2) is 4.60. The monoisotopic (exact) mass is 304 g/mol. The Morgan fingerprint density at radius 1 is 1.29 bits per heavy atom. The van der Waals surface area contributed by atoms with E-state index in [9.17, 15) is 0 Å². The highest BCUT2D eigenvalue weighted by atomic mass is 32.1. The van der Waals surface area contributed by atoms with E-state index >= 15 is 0 Å². The number of hydrogen-bond donors (Lipinski definition) is 1. The van der Waals surface area contributed by atoms with Crippen LogP contribution in [0.4, 0.5) is 0 Å². The molecule has 2 aliphatic heterocycles. The summed E-state index contributed by atoms with van der Waals surface area (Å²) in [7, 11) is 0. The normalized spacial score (nSPS) is 30.8. The lowest BCUT2D eigenvalue weighted by Gasteiger charge is -2.57. The van der Waals surface area contributed by atoms with E-state index in [0.717, 1.165) is 10.9 Å². The zero-order chi connectivity index (χ0) is 15.5. The van der Waals surface area contributed by atoms with Gasteiger partial charge in [0.05, 0.1) is 6.04 Å². The number of thiocarbonyl (C=S) groups is 1. The van der Waals surface area contributed by atoms with Crippen molar-refractivity contribution >= 4 is 17.3 Å². The van der Waals surface area contributed by atoms with Crippen LogP contribution in [0, 0.1) is 19.8 Å². The Morgan fingerprint density at radius 3 is 2.52 bits per heavy atom. The Morgan fingerprint density at radius 2 is 1.90 bits per heavy atom. The van der Waals surface area contributed by atoms with Crippen LogP contribution in [0.15, 0.2) is 12.1 Å². The maximum atomic E-state index is 6.48. The Kier molecular flexibility index (Phi) is 3.21. The average Bonchev–Trinajstić information content (AvgIpc) is 2.36. The molecule has 3 unspecified atom stereocenters. The third kappa shape index (κ3) is 1.95. The summed E-state index contributed by atoms with van der Waals surface area (Å²) in [4.78, 5) is 2.20. The van der Waals surface area contributed by atoms with Crippen LogP contribution in [0.3, 0.4) is 0 Å². The van der Waals surface area contributed by atoms with Crippen molar-refractivity contribution < 1.29 is 4.74 Å². The van der Waals surface area contributed by atoms with Crippen LogP contribution in [0.1, 0.15) is 50.4 Å². The van der Waals surface area contributed by atoms with E-state index in [1.54, 1.807) is 0 Å². The Labute approximate surface area is 132 Å². The van der Waals surface area contributed by atoms with E-state index < -0.39 is 5.72 Å². The van der Waals surface area contributed by atoms with Crippen LogP contribution in [0.2, 0.25) is 0 Å². The number of hydrogen-bond acceptors (Lipinski definition) is 2. The minimum atomic E-state index is -0.393. The van der Waals surface area contributed by atoms with Gasteiger partial charge in [-0.25, -0.2) is 0 Å². The minimum Gasteiger partial charge on any atom is -0.467 e. The van der Waals surface area contributed by atoms with Crippen molar-refractivity contribution in [3.05, 3.63) is 28.8 Å². The molecule has 0 aromatic heterocycles. The van der Waals surface area contributed by atoms with Gasteiger partial charge in [0.15, 0.2) is 10.8 Å². The zero-order valence-corrected chi connectivity index (χ0v) is 14.5. The molecule has 0 saturated carbocycles. The molecule has 0 spiro atoms. The predicted molar refractivity (Wildman–Crippen MR) is 89.6 cm³/mol. The first-order valence-corrected chi connectivity index (χ1v) is 8.06. The van der Waals surface area contributed by atoms with E-state index in [1.165, 1.54) is 16.7 Å². The van der Waals surface area contributed by atoms with Gasteiger partial charge in [0.25, 0.3) is 0 Å². The zero-order valence-electron chi connectivity index (χ0n) is 13.7. The second-order valence-corrected chi connectivity index (χ2v) is 7.20. The van der Waals surface area contributed by atoms with Gasteiger partial charge < -0.3 is 15.0 Å². The molecule has 1 fully saturated rings. The molecule has 0 radical (unpaired) electrons. The molecule has 114 valence electrons. The lowest BCUT2D eigenvalue weighted by atomic mass is 9.79. The smallest absolute Gasteiger partial charge is 0.187 e. The van der Waals surface area contributed by atoms with Crippen molar-refractivity contribution in [1.29, 1.82) is 0 Å². The fourth-order valence-corrected chi connectivity index (χ4v) is 4.18. The first kappa shape index (κ1) is 14.6. The summed E-state index contributed by atoms with van der Waals surface area (Å²) in [5, 5.41) is 4.33. The molecule has 1 N–H and O–H groups in total. The minimum absolute atomic E-state index is 0.223. The van der Waals surface area contributed by atoms with Crippen molar-refractivity contribution in [2.24, 2.45) is 5.92 Å². The highest BCUT2D eigenvalue weighted by Gasteiger charge is 2.53. The Bertz CT molecular complexity index is 613. The number of aryl methyl sites for hydroxylation is 2. The molecule has 1 aromatic carbocycles. The maximum Gasteiger partial charge on any atom is 0.187 e. The first-order chi connectivity index (χ1) is 9.75. The van der Waals surface area contributed by atoms with Crippen molar-refractivity contribution in [2.75, 3.05) is 0 Å². The molecule has 3 rings (SSSR count). The standard InChI is InChI=1S/C17H24N2OS/c1-9(2)19-16(21)18-15-12(5)17(19,6)20-14-8-11(4)10(3)7-13(14)15/h7-9,12,15H,1-6H3,(H,18,21). The molecule has 3 atom stereocenters. The highest BCUT2D eigenvalue weighted by molar-refractivity contribution is 7.80. The molecule has 21 heavy (non-hydrogen) atoms. The lowest BCUT2D eigenvalue weighted by Crippen LogP contribution is -2.70. The molecule has 1 aromatic rings. The fourth-order valence-electron chi connectivity index (χ4n) is 3.66. The van der Waals surface area contributed by atoms with E-state index in [2.05, 4.69) is 63.9 Å². The van der Waals surface area contributed by atoms with Crippen molar-refractivity contribution in [1.82, 2.24) is 10.2 Å². The molecule has 3 nitrogen and oxygen atoms in total. The molecule has 0 amide bonds. The van der Waals surface area contributed by atoms with Gasteiger partial charge in [-0.2, -0.15) is 0 Å². The number of ether oxygens (including phenoxy) is 1. The lowest BCUT2D eigenvalue weighted by molar-refractivity contribution is -0.121. The molecule has 4 heteroatoms. The van der Waals surface area contributed by atoms with Crippen molar-refractivity contribution in [3.8, 4) is 5.75 Å². The Hall–Kier alpha value is -1.29. The van der Waals surface area contributed by atoms with Gasteiger partial charge in [-0.1, -0.05) is 13.0 Å². The van der Waals surface area contributed by atoms with Gasteiger partial charge in [-0.05, 0) is 64.0 Å². The van der Waals surface area contributed by atoms with Crippen LogP contribution in [0.25, 0.3) is 0 Å². The van der Waals surface area contributed by atoms with Crippen LogP contribution in [-0.2, 0) is 0 Å². The molecular formula is C17H24N2OS. The van der Waals surface area contributed by atoms with Crippen LogP contribution < -0.4 is 10.1 Å². The fraction of sp³-hybridized carbons (Fsp3) is 0.588. The molecule has 2 heterocycles. The average molecular weight is 304 g/mol. The van der Waals surface area contributed by atoms with Crippen molar-refractivity contribution in [2.45, 2.75) is 59.4 Å². The van der Waals surface area contributed by atoms with E-state index in [0.29, 0.717) is 12.0 Å². The number of benzene rings is 1.